The van der Waals surface area contributed by atoms with Crippen LogP contribution in [0, 0.1) is 0 Å². The molecule has 3 aliphatic rings. The number of likely N-dealkylation sites (tertiary alicyclic amines) is 1. The van der Waals surface area contributed by atoms with Crippen LogP contribution in [-0.2, 0) is 0 Å². The van der Waals surface area contributed by atoms with E-state index in [-0.39, 0.29) is 48.8 Å². The van der Waals surface area contributed by atoms with Crippen LogP contribution in [-0.4, -0.2) is 82.4 Å². The number of rotatable bonds is 7. The number of hydrogen-bond acceptors (Lipinski definition) is 10. The highest BCUT2D eigenvalue weighted by Gasteiger charge is 2.55. The molecule has 0 radical (unpaired) electrons. The second-order valence-electron chi connectivity index (χ2n) is 8.14. The summed E-state index contributed by atoms with van der Waals surface area (Å²) < 4.78 is 11.0. The second-order valence-corrected chi connectivity index (χ2v) is 8.14. The van der Waals surface area contributed by atoms with Gasteiger partial charge in [0.2, 0.25) is 0 Å². The molecule has 1 saturated carbocycles. The van der Waals surface area contributed by atoms with Gasteiger partial charge in [-0.25, -0.2) is 0 Å². The molecule has 2 fully saturated rings. The van der Waals surface area contributed by atoms with Crippen molar-refractivity contribution in [1.29, 1.82) is 0 Å². The second kappa shape index (κ2) is 6.58. The zero-order chi connectivity index (χ0) is 20.3. The number of carbonyl (C=O) groups excluding carboxylic acids is 1. The van der Waals surface area contributed by atoms with Crippen molar-refractivity contribution in [3.63, 3.8) is 0 Å². The zero-order valence-electron chi connectivity index (χ0n) is 15.2. The molecule has 1 aromatic carbocycles. The highest BCUT2D eigenvalue weighted by Crippen LogP contribution is 2.63. The van der Waals surface area contributed by atoms with E-state index in [1.165, 1.54) is 6.07 Å². The van der Waals surface area contributed by atoms with Crippen LogP contribution in [0.15, 0.2) is 12.1 Å². The standard InChI is InChI=1S/C17H24BN2O8/c19-17(7-21,8-22)6-20-4-9(5-20)27-13-2-1-10-11-3-12(11)18(25,26)28-15(10)14(13)16(23)24/h1-2,9,11-12,21-22,25-26H,3-8,19H2,(H,23,24)/q-1/p-1/t11-,12-/m1/s1. The first kappa shape index (κ1) is 19.4. The molecule has 28 heavy (non-hydrogen) atoms. The van der Waals surface area contributed by atoms with E-state index in [4.69, 9.17) is 15.1 Å². The maximum Gasteiger partial charge on any atom is 0.434 e. The Morgan fingerprint density at radius 1 is 1.36 bits per heavy atom. The van der Waals surface area contributed by atoms with Gasteiger partial charge in [0, 0.05) is 19.6 Å². The van der Waals surface area contributed by atoms with E-state index >= 15 is 0 Å². The summed E-state index contributed by atoms with van der Waals surface area (Å²) in [7, 11) is 0. The van der Waals surface area contributed by atoms with Crippen LogP contribution in [0.2, 0.25) is 5.82 Å². The molecule has 2 atom stereocenters. The van der Waals surface area contributed by atoms with Gasteiger partial charge in [-0.1, -0.05) is 18.3 Å². The number of nitrogens with zero attached hydrogens (tertiary/aromatic N) is 1. The third-order valence-corrected chi connectivity index (χ3v) is 5.83. The number of carboxylic acids is 1. The molecular formula is C17H23BN2O8-2. The SMILES string of the molecule is NC(CO)(CO)CN1CC(Oc2ccc3c(c2C(=O)[O-])O[B-](O)(O)[C@@H]2C[C@H]32)C1. The van der Waals surface area contributed by atoms with E-state index in [0.717, 1.165) is 0 Å². The predicted octanol–water partition coefficient (Wildman–Crippen LogP) is -3.03. The van der Waals surface area contributed by atoms with Crippen LogP contribution in [0.25, 0.3) is 0 Å². The molecule has 0 amide bonds. The minimum Gasteiger partial charge on any atom is -0.669 e. The zero-order valence-corrected chi connectivity index (χ0v) is 15.2. The predicted molar refractivity (Wildman–Crippen MR) is 94.6 cm³/mol. The molecule has 6 N–H and O–H groups in total. The molecule has 1 aliphatic carbocycles. The summed E-state index contributed by atoms with van der Waals surface area (Å²) in [5.41, 5.74) is 5.03. The fourth-order valence-electron chi connectivity index (χ4n) is 4.11. The smallest absolute Gasteiger partial charge is 0.434 e. The van der Waals surface area contributed by atoms with Gasteiger partial charge in [0.05, 0.1) is 36.0 Å². The number of carbonyl (C=O) groups is 1. The maximum atomic E-state index is 11.7. The first-order valence-electron chi connectivity index (χ1n) is 9.23. The van der Waals surface area contributed by atoms with E-state index < -0.39 is 24.1 Å². The third kappa shape index (κ3) is 3.23. The Hall–Kier alpha value is -1.89. The summed E-state index contributed by atoms with van der Waals surface area (Å²) in [6.07, 6.45) is 0.203. The fourth-order valence-corrected chi connectivity index (χ4v) is 4.11. The Bertz CT molecular complexity index is 794. The van der Waals surface area contributed by atoms with Crippen LogP contribution < -0.4 is 20.2 Å². The van der Waals surface area contributed by atoms with Crippen LogP contribution in [0.3, 0.4) is 0 Å². The lowest BCUT2D eigenvalue weighted by atomic mass is 9.68. The highest BCUT2D eigenvalue weighted by molar-refractivity contribution is 6.62. The molecule has 2 aliphatic heterocycles. The maximum absolute atomic E-state index is 11.7. The van der Waals surface area contributed by atoms with Gasteiger partial charge in [0.15, 0.2) is 0 Å². The minimum absolute atomic E-state index is 0.0393. The van der Waals surface area contributed by atoms with Crippen molar-refractivity contribution < 1.29 is 39.6 Å². The Morgan fingerprint density at radius 2 is 2.04 bits per heavy atom. The average molecular weight is 394 g/mol. The number of aliphatic hydroxyl groups is 2. The number of carboxylic acid groups (broad SMARTS) is 1. The molecular weight excluding hydrogens is 371 g/mol. The molecule has 0 spiro atoms. The number of fused-ring (bicyclic) bond motifs is 3. The Balaban J connectivity index is 1.49. The number of aliphatic hydroxyl groups excluding tert-OH is 2. The van der Waals surface area contributed by atoms with E-state index in [1.54, 1.807) is 6.07 Å². The van der Waals surface area contributed by atoms with E-state index in [2.05, 4.69) is 0 Å². The number of aromatic carboxylic acids is 1. The lowest BCUT2D eigenvalue weighted by molar-refractivity contribution is -0.255. The van der Waals surface area contributed by atoms with Crippen molar-refractivity contribution in [3.8, 4) is 11.5 Å². The van der Waals surface area contributed by atoms with Crippen molar-refractivity contribution in [1.82, 2.24) is 4.90 Å². The summed E-state index contributed by atoms with van der Waals surface area (Å²) in [6.45, 7) is -2.71. The van der Waals surface area contributed by atoms with Gasteiger partial charge in [0.25, 0.3) is 0 Å². The monoisotopic (exact) mass is 394 g/mol. The summed E-state index contributed by atoms with van der Waals surface area (Å²) >= 11 is 0. The lowest BCUT2D eigenvalue weighted by Crippen LogP contribution is -2.63. The van der Waals surface area contributed by atoms with E-state index in [0.29, 0.717) is 25.1 Å². The fraction of sp³-hybridized carbons (Fsp3) is 0.588. The lowest BCUT2D eigenvalue weighted by Gasteiger charge is -2.43. The highest BCUT2D eigenvalue weighted by atomic mass is 16.6. The van der Waals surface area contributed by atoms with Gasteiger partial charge in [-0.05, 0) is 17.5 Å². The summed E-state index contributed by atoms with van der Waals surface area (Å²) in [5, 5.41) is 50.3. The van der Waals surface area contributed by atoms with E-state index in [9.17, 15) is 30.2 Å². The van der Waals surface area contributed by atoms with Gasteiger partial charge < -0.3 is 45.3 Å². The molecule has 1 aromatic rings. The Labute approximate surface area is 161 Å². The van der Waals surface area contributed by atoms with Gasteiger partial charge >= 0.3 is 6.75 Å². The third-order valence-electron chi connectivity index (χ3n) is 5.83. The summed E-state index contributed by atoms with van der Waals surface area (Å²) in [5.74, 6) is -2.13. The number of nitrogens with two attached hydrogens (primary N) is 1. The van der Waals surface area contributed by atoms with Gasteiger partial charge in [-0.3, -0.25) is 4.90 Å². The van der Waals surface area contributed by atoms with Crippen LogP contribution in [0.5, 0.6) is 11.5 Å². The molecule has 2 heterocycles. The average Bonchev–Trinajstić information content (AvgIpc) is 3.40. The van der Waals surface area contributed by atoms with Gasteiger partial charge in [0.1, 0.15) is 11.9 Å². The topological polar surface area (TPSA) is 169 Å². The van der Waals surface area contributed by atoms with Crippen molar-refractivity contribution >= 4 is 12.7 Å². The molecule has 154 valence electrons. The van der Waals surface area contributed by atoms with Crippen LogP contribution in [0.4, 0.5) is 0 Å². The Kier molecular flexibility index (Phi) is 4.57. The number of benzene rings is 1. The van der Waals surface area contributed by atoms with Crippen LogP contribution in [0.1, 0.15) is 28.3 Å². The number of hydrogen-bond donors (Lipinski definition) is 5. The molecule has 0 aromatic heterocycles. The molecule has 4 rings (SSSR count). The number of ether oxygens (including phenoxy) is 1. The molecule has 11 heteroatoms. The largest absolute Gasteiger partial charge is 0.669 e. The summed E-state index contributed by atoms with van der Waals surface area (Å²) in [4.78, 5) is 13.6. The van der Waals surface area contributed by atoms with Crippen molar-refractivity contribution in [2.45, 2.75) is 29.8 Å². The van der Waals surface area contributed by atoms with E-state index in [1.807, 2.05) is 4.90 Å². The minimum atomic E-state index is -3.11. The first-order valence-corrected chi connectivity index (χ1v) is 9.23. The Morgan fingerprint density at radius 3 is 2.64 bits per heavy atom. The van der Waals surface area contributed by atoms with Gasteiger partial charge in [-0.15, -0.1) is 0 Å². The first-order chi connectivity index (χ1) is 13.2. The molecule has 0 unspecified atom stereocenters. The molecule has 10 nitrogen and oxygen atoms in total. The quantitative estimate of drug-likeness (QED) is 0.300. The van der Waals surface area contributed by atoms with Gasteiger partial charge in [-0.2, -0.15) is 0 Å². The van der Waals surface area contributed by atoms with Crippen LogP contribution >= 0.6 is 0 Å². The summed E-state index contributed by atoms with van der Waals surface area (Å²) in [6, 6.07) is 3.22. The normalized spacial score (nSPS) is 25.9. The van der Waals surface area contributed by atoms with Crippen molar-refractivity contribution in [2.24, 2.45) is 5.73 Å². The molecule has 1 saturated heterocycles. The van der Waals surface area contributed by atoms with Crippen molar-refractivity contribution in [2.75, 3.05) is 32.8 Å². The van der Waals surface area contributed by atoms with Crippen molar-refractivity contribution in [3.05, 3.63) is 23.3 Å². The molecule has 0 bridgehead atoms.